The minimum atomic E-state index is -0.606. The van der Waals surface area contributed by atoms with Crippen molar-refractivity contribution in [2.75, 3.05) is 6.54 Å². The smallest absolute Gasteiger partial charge is 0.245 e. The second-order valence-corrected chi connectivity index (χ2v) is 10.4. The molecule has 7 heteroatoms. The number of nitrogens with zero attached hydrogens (tertiary/aromatic N) is 1. The first-order valence-electron chi connectivity index (χ1n) is 13.5. The number of likely N-dealkylation sites (tertiary alicyclic amines) is 1. The molecule has 2 aromatic rings. The first-order chi connectivity index (χ1) is 17.8. The van der Waals surface area contributed by atoms with Crippen molar-refractivity contribution in [1.82, 2.24) is 10.2 Å². The van der Waals surface area contributed by atoms with Gasteiger partial charge in [0.2, 0.25) is 17.7 Å². The predicted octanol–water partition coefficient (Wildman–Crippen LogP) is 5.04. The van der Waals surface area contributed by atoms with E-state index in [9.17, 15) is 14.4 Å². The van der Waals surface area contributed by atoms with Crippen molar-refractivity contribution in [2.24, 2.45) is 23.5 Å². The lowest BCUT2D eigenvalue weighted by molar-refractivity contribution is -0.139. The van der Waals surface area contributed by atoms with E-state index in [0.29, 0.717) is 38.1 Å². The molecule has 37 heavy (non-hydrogen) atoms. The molecule has 3 N–H and O–H groups in total. The van der Waals surface area contributed by atoms with Crippen LogP contribution in [0, 0.1) is 17.8 Å². The standard InChI is InChI=1S/C30H41N3O4/c1-4-11-25(26(28(31)34)18-21(2)3)29(35)32-27-16-8-9-17-33(30(27)36)20-22-12-10-15-24(19-22)37-23-13-6-5-7-14-23/h5-7,10,12-15,19,21,25-27H,4,8-9,11,16-18,20H2,1-3H3,(H2,31,34)(H,32,35)/t25-,26?,27-/m0/s1. The number of primary amides is 1. The maximum absolute atomic E-state index is 13.5. The fourth-order valence-corrected chi connectivity index (χ4v) is 5.04. The minimum absolute atomic E-state index is 0.0880. The van der Waals surface area contributed by atoms with Crippen LogP contribution < -0.4 is 15.8 Å². The summed E-state index contributed by atoms with van der Waals surface area (Å²) in [5.74, 6) is -0.150. The number of carbonyl (C=O) groups is 3. The molecule has 0 radical (unpaired) electrons. The van der Waals surface area contributed by atoms with Crippen molar-refractivity contribution < 1.29 is 19.1 Å². The van der Waals surface area contributed by atoms with Gasteiger partial charge >= 0.3 is 0 Å². The Labute approximate surface area is 220 Å². The molecule has 1 aliphatic heterocycles. The molecular formula is C30H41N3O4. The Kier molecular flexibility index (Phi) is 10.5. The number of para-hydroxylation sites is 1. The largest absolute Gasteiger partial charge is 0.457 e. The third-order valence-corrected chi connectivity index (χ3v) is 6.86. The molecule has 3 rings (SSSR count). The number of carbonyl (C=O) groups excluding carboxylic acids is 3. The third-order valence-electron chi connectivity index (χ3n) is 6.86. The average molecular weight is 508 g/mol. The lowest BCUT2D eigenvalue weighted by Gasteiger charge is -2.29. The second kappa shape index (κ2) is 13.8. The summed E-state index contributed by atoms with van der Waals surface area (Å²) in [6.45, 7) is 7.09. The molecule has 0 spiro atoms. The number of ether oxygens (including phenoxy) is 1. The highest BCUT2D eigenvalue weighted by molar-refractivity contribution is 5.91. The van der Waals surface area contributed by atoms with Gasteiger partial charge in [-0.25, -0.2) is 0 Å². The highest BCUT2D eigenvalue weighted by Crippen LogP contribution is 2.27. The molecule has 7 nitrogen and oxygen atoms in total. The van der Waals surface area contributed by atoms with Gasteiger partial charge in [0.15, 0.2) is 0 Å². The summed E-state index contributed by atoms with van der Waals surface area (Å²) < 4.78 is 5.95. The van der Waals surface area contributed by atoms with Crippen LogP contribution in [0.5, 0.6) is 11.5 Å². The topological polar surface area (TPSA) is 102 Å². The summed E-state index contributed by atoms with van der Waals surface area (Å²) in [5.41, 5.74) is 6.67. The number of hydrogen-bond acceptors (Lipinski definition) is 4. The van der Waals surface area contributed by atoms with Crippen molar-refractivity contribution >= 4 is 17.7 Å². The van der Waals surface area contributed by atoms with Crippen molar-refractivity contribution in [3.8, 4) is 11.5 Å². The summed E-state index contributed by atoms with van der Waals surface area (Å²) in [5, 5.41) is 3.00. The summed E-state index contributed by atoms with van der Waals surface area (Å²) in [6.07, 6.45) is 4.17. The van der Waals surface area contributed by atoms with Gasteiger partial charge < -0.3 is 20.7 Å². The average Bonchev–Trinajstić information content (AvgIpc) is 3.03. The molecule has 3 amide bonds. The zero-order valence-electron chi connectivity index (χ0n) is 22.3. The quantitative estimate of drug-likeness (QED) is 0.420. The molecule has 3 atom stereocenters. The molecule has 1 fully saturated rings. The van der Waals surface area contributed by atoms with Crippen LogP contribution in [0.4, 0.5) is 0 Å². The Morgan fingerprint density at radius 2 is 1.78 bits per heavy atom. The van der Waals surface area contributed by atoms with E-state index in [2.05, 4.69) is 5.32 Å². The van der Waals surface area contributed by atoms with Crippen LogP contribution in [0.2, 0.25) is 0 Å². The van der Waals surface area contributed by atoms with E-state index in [1.165, 1.54) is 0 Å². The number of nitrogens with one attached hydrogen (secondary N) is 1. The van der Waals surface area contributed by atoms with Gasteiger partial charge in [0.1, 0.15) is 17.5 Å². The summed E-state index contributed by atoms with van der Waals surface area (Å²) in [6, 6.07) is 16.7. The molecule has 1 aliphatic rings. The summed E-state index contributed by atoms with van der Waals surface area (Å²) in [7, 11) is 0. The van der Waals surface area contributed by atoms with Crippen molar-refractivity contribution in [3.63, 3.8) is 0 Å². The van der Waals surface area contributed by atoms with E-state index >= 15 is 0 Å². The Morgan fingerprint density at radius 1 is 1.05 bits per heavy atom. The van der Waals surface area contributed by atoms with E-state index in [1.807, 2.05) is 80.3 Å². The first kappa shape index (κ1) is 28.2. The van der Waals surface area contributed by atoms with Crippen LogP contribution in [0.3, 0.4) is 0 Å². The first-order valence-corrected chi connectivity index (χ1v) is 13.5. The number of benzene rings is 2. The number of nitrogens with two attached hydrogens (primary N) is 1. The fourth-order valence-electron chi connectivity index (χ4n) is 5.04. The van der Waals surface area contributed by atoms with Gasteiger partial charge in [-0.1, -0.05) is 57.5 Å². The van der Waals surface area contributed by atoms with Crippen LogP contribution in [0.15, 0.2) is 54.6 Å². The highest BCUT2D eigenvalue weighted by atomic mass is 16.5. The van der Waals surface area contributed by atoms with Gasteiger partial charge in [-0.3, -0.25) is 14.4 Å². The summed E-state index contributed by atoms with van der Waals surface area (Å²) in [4.78, 5) is 40.9. The zero-order chi connectivity index (χ0) is 26.8. The molecule has 0 bridgehead atoms. The number of amides is 3. The van der Waals surface area contributed by atoms with Crippen LogP contribution in [-0.2, 0) is 20.9 Å². The van der Waals surface area contributed by atoms with E-state index in [4.69, 9.17) is 10.5 Å². The van der Waals surface area contributed by atoms with Crippen molar-refractivity contribution in [2.45, 2.75) is 71.9 Å². The van der Waals surface area contributed by atoms with E-state index in [0.717, 1.165) is 30.6 Å². The predicted molar refractivity (Wildman–Crippen MR) is 145 cm³/mol. The SMILES string of the molecule is CCC[C@H](C(=O)N[C@H]1CCCCN(Cc2cccc(Oc3ccccc3)c2)C1=O)C(CC(C)C)C(N)=O. The number of hydrogen-bond donors (Lipinski definition) is 2. The lowest BCUT2D eigenvalue weighted by Crippen LogP contribution is -2.50. The normalized spacial score (nSPS) is 17.7. The third kappa shape index (κ3) is 8.34. The molecule has 0 saturated carbocycles. The summed E-state index contributed by atoms with van der Waals surface area (Å²) >= 11 is 0. The molecule has 1 heterocycles. The molecule has 1 saturated heterocycles. The van der Waals surface area contributed by atoms with E-state index in [-0.39, 0.29) is 17.7 Å². The molecule has 0 aromatic heterocycles. The monoisotopic (exact) mass is 507 g/mol. The Hall–Kier alpha value is -3.35. The van der Waals surface area contributed by atoms with Crippen LogP contribution in [0.1, 0.15) is 64.9 Å². The van der Waals surface area contributed by atoms with E-state index < -0.39 is 23.8 Å². The molecule has 2 aromatic carbocycles. The van der Waals surface area contributed by atoms with Gasteiger partial charge in [0.25, 0.3) is 0 Å². The zero-order valence-corrected chi connectivity index (χ0v) is 22.3. The fraction of sp³-hybridized carbons (Fsp3) is 0.500. The maximum atomic E-state index is 13.5. The van der Waals surface area contributed by atoms with Gasteiger partial charge in [0, 0.05) is 24.9 Å². The van der Waals surface area contributed by atoms with Crippen LogP contribution in [-0.4, -0.2) is 35.2 Å². The molecule has 0 aliphatic carbocycles. The molecule has 1 unspecified atom stereocenters. The van der Waals surface area contributed by atoms with Crippen molar-refractivity contribution in [3.05, 3.63) is 60.2 Å². The second-order valence-electron chi connectivity index (χ2n) is 10.4. The van der Waals surface area contributed by atoms with Gasteiger partial charge in [-0.05, 0) is 67.9 Å². The minimum Gasteiger partial charge on any atom is -0.457 e. The van der Waals surface area contributed by atoms with Gasteiger partial charge in [0.05, 0.1) is 0 Å². The Balaban J connectivity index is 1.70. The molecule has 200 valence electrons. The van der Waals surface area contributed by atoms with Gasteiger partial charge in [-0.2, -0.15) is 0 Å². The molecular weight excluding hydrogens is 466 g/mol. The van der Waals surface area contributed by atoms with Gasteiger partial charge in [-0.15, -0.1) is 0 Å². The highest BCUT2D eigenvalue weighted by Gasteiger charge is 2.35. The Morgan fingerprint density at radius 3 is 2.46 bits per heavy atom. The lowest BCUT2D eigenvalue weighted by atomic mass is 9.81. The van der Waals surface area contributed by atoms with Crippen LogP contribution in [0.25, 0.3) is 0 Å². The van der Waals surface area contributed by atoms with Crippen molar-refractivity contribution in [1.29, 1.82) is 0 Å². The van der Waals surface area contributed by atoms with E-state index in [1.54, 1.807) is 0 Å². The number of rotatable bonds is 12. The maximum Gasteiger partial charge on any atom is 0.245 e. The Bertz CT molecular complexity index is 1040. The van der Waals surface area contributed by atoms with Crippen LogP contribution >= 0.6 is 0 Å².